The van der Waals surface area contributed by atoms with Crippen LogP contribution in [-0.2, 0) is 19.3 Å². The monoisotopic (exact) mass is 510 g/mol. The number of rotatable bonds is 7. The van der Waals surface area contributed by atoms with Crippen LogP contribution in [0.25, 0.3) is 16.9 Å². The summed E-state index contributed by atoms with van der Waals surface area (Å²) in [5, 5.41) is 7.11. The van der Waals surface area contributed by atoms with E-state index in [2.05, 4.69) is 58.8 Å². The molecule has 0 bridgehead atoms. The first-order valence-corrected chi connectivity index (χ1v) is 14.3. The minimum absolute atomic E-state index is 0.0472. The van der Waals surface area contributed by atoms with E-state index in [-0.39, 0.29) is 5.91 Å². The first-order chi connectivity index (χ1) is 18.2. The second-order valence-electron chi connectivity index (χ2n) is 10.4. The van der Waals surface area contributed by atoms with Crippen molar-refractivity contribution in [2.45, 2.75) is 32.1 Å². The summed E-state index contributed by atoms with van der Waals surface area (Å²) >= 11 is 1.80. The van der Waals surface area contributed by atoms with Gasteiger partial charge in [0.25, 0.3) is 5.91 Å². The van der Waals surface area contributed by atoms with E-state index in [1.807, 2.05) is 34.8 Å². The predicted octanol–water partition coefficient (Wildman–Crippen LogP) is 5.73. The lowest BCUT2D eigenvalue weighted by molar-refractivity contribution is 0.0723. The van der Waals surface area contributed by atoms with E-state index < -0.39 is 0 Å². The number of carbonyl (C=O) groups is 1. The molecule has 6 rings (SSSR count). The van der Waals surface area contributed by atoms with Gasteiger partial charge in [-0.2, -0.15) is 5.10 Å². The van der Waals surface area contributed by atoms with E-state index in [1.54, 1.807) is 11.3 Å². The lowest BCUT2D eigenvalue weighted by atomic mass is 9.94. The average Bonchev–Trinajstić information content (AvgIpc) is 3.57. The maximum atomic E-state index is 13.8. The summed E-state index contributed by atoms with van der Waals surface area (Å²) in [7, 11) is 1.96. The summed E-state index contributed by atoms with van der Waals surface area (Å²) in [5.74, 6) is 0.542. The number of piperidine rings is 1. The van der Waals surface area contributed by atoms with Crippen LogP contribution in [0.5, 0.6) is 0 Å². The molecule has 0 saturated carbocycles. The highest BCUT2D eigenvalue weighted by Gasteiger charge is 2.31. The number of aryl methyl sites for hydroxylation is 1. The topological polar surface area (TPSA) is 41.4 Å². The number of fused-ring (bicyclic) bond motifs is 3. The van der Waals surface area contributed by atoms with Gasteiger partial charge >= 0.3 is 0 Å². The van der Waals surface area contributed by atoms with Crippen LogP contribution in [0.3, 0.4) is 0 Å². The third-order valence-electron chi connectivity index (χ3n) is 7.83. The largest absolute Gasteiger partial charge is 0.340 e. The van der Waals surface area contributed by atoms with Crippen molar-refractivity contribution in [2.75, 3.05) is 33.2 Å². The molecule has 4 aromatic rings. The van der Waals surface area contributed by atoms with Crippen molar-refractivity contribution in [3.05, 3.63) is 93.8 Å². The van der Waals surface area contributed by atoms with Gasteiger partial charge in [-0.3, -0.25) is 4.79 Å². The molecule has 0 spiro atoms. The zero-order valence-corrected chi connectivity index (χ0v) is 22.3. The molecule has 190 valence electrons. The molecule has 2 aliphatic rings. The standard InChI is InChI=1S/C31H34N4OS/c1-33(21-24-11-8-18-34(22-24)19-16-23-9-4-2-5-10-23)31(36)29-27-14-15-28-26(17-20-37-28)30(27)35(32-29)25-12-6-3-7-13-25/h2-7,9-10,12-13,17,20,24H,8,11,14-16,18-19,21-22H2,1H3. The number of para-hydroxylation sites is 1. The van der Waals surface area contributed by atoms with Crippen molar-refractivity contribution in [2.24, 2.45) is 5.92 Å². The number of likely N-dealkylation sites (tertiary alicyclic amines) is 1. The third kappa shape index (κ3) is 5.00. The van der Waals surface area contributed by atoms with Crippen molar-refractivity contribution in [3.63, 3.8) is 0 Å². The van der Waals surface area contributed by atoms with Crippen LogP contribution in [0.4, 0.5) is 0 Å². The number of hydrogen-bond donors (Lipinski definition) is 0. The molecular formula is C31H34N4OS. The van der Waals surface area contributed by atoms with E-state index in [0.717, 1.165) is 62.4 Å². The Morgan fingerprint density at radius 1 is 1.05 bits per heavy atom. The molecule has 0 radical (unpaired) electrons. The fourth-order valence-electron chi connectivity index (χ4n) is 5.96. The Morgan fingerprint density at radius 3 is 2.65 bits per heavy atom. The molecule has 2 aromatic carbocycles. The van der Waals surface area contributed by atoms with Gasteiger partial charge in [0.2, 0.25) is 0 Å². The lowest BCUT2D eigenvalue weighted by Crippen LogP contribution is -2.42. The number of amides is 1. The summed E-state index contributed by atoms with van der Waals surface area (Å²) in [4.78, 5) is 19.7. The van der Waals surface area contributed by atoms with Gasteiger partial charge in [0.15, 0.2) is 5.69 Å². The first kappa shape index (κ1) is 24.1. The third-order valence-corrected chi connectivity index (χ3v) is 8.81. The molecule has 1 saturated heterocycles. The highest BCUT2D eigenvalue weighted by atomic mass is 32.1. The average molecular weight is 511 g/mol. The Bertz CT molecular complexity index is 1360. The predicted molar refractivity (Wildman–Crippen MR) is 151 cm³/mol. The number of carbonyl (C=O) groups excluding carboxylic acids is 1. The first-order valence-electron chi connectivity index (χ1n) is 13.4. The smallest absolute Gasteiger partial charge is 0.274 e. The number of benzene rings is 2. The van der Waals surface area contributed by atoms with E-state index in [4.69, 9.17) is 5.10 Å². The van der Waals surface area contributed by atoms with Crippen LogP contribution in [0.2, 0.25) is 0 Å². The Morgan fingerprint density at radius 2 is 1.84 bits per heavy atom. The highest BCUT2D eigenvalue weighted by Crippen LogP contribution is 2.39. The molecule has 6 heteroatoms. The fraction of sp³-hybridized carbons (Fsp3) is 0.355. The molecule has 1 unspecified atom stereocenters. The second-order valence-corrected chi connectivity index (χ2v) is 11.4. The molecule has 1 fully saturated rings. The number of nitrogens with zero attached hydrogens (tertiary/aromatic N) is 4. The van der Waals surface area contributed by atoms with Crippen LogP contribution in [0, 0.1) is 5.92 Å². The Balaban J connectivity index is 1.19. The van der Waals surface area contributed by atoms with Crippen molar-refractivity contribution in [1.82, 2.24) is 19.6 Å². The quantitative estimate of drug-likeness (QED) is 0.319. The van der Waals surface area contributed by atoms with Crippen LogP contribution in [0.1, 0.15) is 39.3 Å². The molecule has 1 atom stereocenters. The summed E-state index contributed by atoms with van der Waals surface area (Å²) in [6, 6.07) is 23.1. The van der Waals surface area contributed by atoms with Crippen LogP contribution < -0.4 is 0 Å². The van der Waals surface area contributed by atoms with Crippen molar-refractivity contribution in [1.29, 1.82) is 0 Å². The van der Waals surface area contributed by atoms with Crippen molar-refractivity contribution >= 4 is 17.2 Å². The molecule has 37 heavy (non-hydrogen) atoms. The Labute approximate surface area is 223 Å². The minimum Gasteiger partial charge on any atom is -0.340 e. The van der Waals surface area contributed by atoms with Crippen molar-refractivity contribution < 1.29 is 4.79 Å². The maximum absolute atomic E-state index is 13.8. The van der Waals surface area contributed by atoms with Crippen LogP contribution >= 0.6 is 11.3 Å². The van der Waals surface area contributed by atoms with E-state index >= 15 is 0 Å². The molecule has 1 aliphatic carbocycles. The van der Waals surface area contributed by atoms with Gasteiger partial charge in [-0.15, -0.1) is 11.3 Å². The Kier molecular flexibility index (Phi) is 6.94. The van der Waals surface area contributed by atoms with Gasteiger partial charge in [0, 0.05) is 42.7 Å². The van der Waals surface area contributed by atoms with Crippen LogP contribution in [-0.4, -0.2) is 58.7 Å². The fourth-order valence-corrected chi connectivity index (χ4v) is 6.84. The summed E-state index contributed by atoms with van der Waals surface area (Å²) in [5.41, 5.74) is 6.43. The Hall–Kier alpha value is -3.22. The molecule has 2 aromatic heterocycles. The molecule has 1 amide bonds. The summed E-state index contributed by atoms with van der Waals surface area (Å²) < 4.78 is 1.99. The number of hydrogen-bond acceptors (Lipinski definition) is 4. The SMILES string of the molecule is CN(CC1CCCN(CCc2ccccc2)C1)C(=O)c1nn(-c2ccccc2)c2c1CCc1sccc1-2. The van der Waals surface area contributed by atoms with Gasteiger partial charge in [0.05, 0.1) is 11.4 Å². The van der Waals surface area contributed by atoms with Crippen LogP contribution in [0.15, 0.2) is 72.1 Å². The summed E-state index contributed by atoms with van der Waals surface area (Å²) in [6.07, 6.45) is 5.29. The zero-order valence-electron chi connectivity index (χ0n) is 21.5. The molecule has 1 aliphatic heterocycles. The van der Waals surface area contributed by atoms with Gasteiger partial charge in [0.1, 0.15) is 0 Å². The lowest BCUT2D eigenvalue weighted by Gasteiger charge is -2.34. The zero-order chi connectivity index (χ0) is 25.2. The second kappa shape index (κ2) is 10.6. The number of aromatic nitrogens is 2. The van der Waals surface area contributed by atoms with Gasteiger partial charge < -0.3 is 9.80 Å². The van der Waals surface area contributed by atoms with Gasteiger partial charge in [-0.25, -0.2) is 4.68 Å². The highest BCUT2D eigenvalue weighted by molar-refractivity contribution is 7.10. The number of thiophene rings is 1. The van der Waals surface area contributed by atoms with E-state index in [1.165, 1.54) is 28.8 Å². The van der Waals surface area contributed by atoms with Gasteiger partial charge in [-0.1, -0.05) is 48.5 Å². The molecule has 5 nitrogen and oxygen atoms in total. The molecule has 0 N–H and O–H groups in total. The molecule has 3 heterocycles. The molecular weight excluding hydrogens is 476 g/mol. The summed E-state index contributed by atoms with van der Waals surface area (Å²) in [6.45, 7) is 4.06. The van der Waals surface area contributed by atoms with Crippen molar-refractivity contribution in [3.8, 4) is 16.9 Å². The van der Waals surface area contributed by atoms with E-state index in [0.29, 0.717) is 11.6 Å². The van der Waals surface area contributed by atoms with Gasteiger partial charge in [-0.05, 0) is 73.7 Å². The minimum atomic E-state index is 0.0472. The normalized spacial score (nSPS) is 17.3. The van der Waals surface area contributed by atoms with E-state index in [9.17, 15) is 4.79 Å². The maximum Gasteiger partial charge on any atom is 0.274 e.